The fourth-order valence-electron chi connectivity index (χ4n) is 4.56. The highest BCUT2D eigenvalue weighted by molar-refractivity contribution is 7.15. The summed E-state index contributed by atoms with van der Waals surface area (Å²) >= 11 is 1.80. The van der Waals surface area contributed by atoms with Gasteiger partial charge in [-0.2, -0.15) is 0 Å². The van der Waals surface area contributed by atoms with Crippen LogP contribution in [-0.4, -0.2) is 46.6 Å². The first-order valence-electron chi connectivity index (χ1n) is 9.93. The van der Waals surface area contributed by atoms with E-state index in [1.807, 2.05) is 12.1 Å². The average molecular weight is 397 g/mol. The Morgan fingerprint density at radius 2 is 2.07 bits per heavy atom. The summed E-state index contributed by atoms with van der Waals surface area (Å²) in [7, 11) is 0. The van der Waals surface area contributed by atoms with Gasteiger partial charge in [-0.1, -0.05) is 6.07 Å². The minimum Gasteiger partial charge on any atom is -0.381 e. The maximum absolute atomic E-state index is 11.7. The minimum atomic E-state index is -0.450. The van der Waals surface area contributed by atoms with Gasteiger partial charge in [-0.15, -0.1) is 11.3 Å². The van der Waals surface area contributed by atoms with Crippen molar-refractivity contribution in [2.24, 2.45) is 5.73 Å². The van der Waals surface area contributed by atoms with Crippen LogP contribution in [0.1, 0.15) is 47.0 Å². The topological polar surface area (TPSA) is 84.2 Å². The highest BCUT2D eigenvalue weighted by Gasteiger charge is 2.33. The summed E-state index contributed by atoms with van der Waals surface area (Å²) in [6.07, 6.45) is 4.73. The van der Waals surface area contributed by atoms with Gasteiger partial charge in [0.2, 0.25) is 0 Å². The zero-order chi connectivity index (χ0) is 19.1. The molecule has 2 aliphatic heterocycles. The van der Waals surface area contributed by atoms with E-state index in [-0.39, 0.29) is 0 Å². The Hall–Kier alpha value is -2.22. The first-order valence-corrected chi connectivity index (χ1v) is 10.7. The van der Waals surface area contributed by atoms with Crippen LogP contribution in [0, 0.1) is 0 Å². The summed E-state index contributed by atoms with van der Waals surface area (Å²) in [6.45, 7) is 2.94. The zero-order valence-electron chi connectivity index (χ0n) is 15.7. The van der Waals surface area contributed by atoms with Crippen molar-refractivity contribution in [2.75, 3.05) is 19.8 Å². The zero-order valence-corrected chi connectivity index (χ0v) is 16.5. The Labute approximate surface area is 167 Å². The molecule has 2 aromatic heterocycles. The minimum absolute atomic E-state index is 0.450. The molecule has 5 rings (SSSR count). The number of ether oxygens (including phenoxy) is 1. The summed E-state index contributed by atoms with van der Waals surface area (Å²) in [5.41, 5.74) is 7.43. The molecule has 0 aliphatic carbocycles. The van der Waals surface area contributed by atoms with E-state index in [0.29, 0.717) is 23.2 Å². The number of fused-ring (bicyclic) bond motifs is 1. The number of carbonyl (C=O) groups excluding carboxylic acids is 1. The highest BCUT2D eigenvalue weighted by atomic mass is 32.1. The van der Waals surface area contributed by atoms with Gasteiger partial charge in [0, 0.05) is 30.2 Å². The maximum Gasteiger partial charge on any atom is 0.250 e. The normalized spacial score (nSPS) is 21.5. The van der Waals surface area contributed by atoms with Crippen LogP contribution >= 0.6 is 11.3 Å². The average Bonchev–Trinajstić information content (AvgIpc) is 3.45. The second-order valence-corrected chi connectivity index (χ2v) is 8.71. The van der Waals surface area contributed by atoms with Gasteiger partial charge >= 0.3 is 0 Å². The Kier molecular flexibility index (Phi) is 4.66. The number of amides is 1. The van der Waals surface area contributed by atoms with Crippen LogP contribution in [0.2, 0.25) is 0 Å². The predicted molar refractivity (Wildman–Crippen MR) is 110 cm³/mol. The number of aromatic nitrogens is 2. The number of para-hydroxylation sites is 1. The van der Waals surface area contributed by atoms with Gasteiger partial charge in [0.1, 0.15) is 11.3 Å². The van der Waals surface area contributed by atoms with Crippen molar-refractivity contribution in [3.05, 3.63) is 40.8 Å². The lowest BCUT2D eigenvalue weighted by atomic mass is 10.1. The molecule has 1 atom stereocenters. The molecule has 3 aromatic rings. The van der Waals surface area contributed by atoms with Gasteiger partial charge in [0.25, 0.3) is 5.91 Å². The lowest BCUT2D eigenvalue weighted by molar-refractivity contribution is 0.0295. The maximum atomic E-state index is 11.7. The van der Waals surface area contributed by atoms with Crippen LogP contribution in [0.3, 0.4) is 0 Å². The molecule has 2 aliphatic rings. The molecule has 1 aromatic carbocycles. The summed E-state index contributed by atoms with van der Waals surface area (Å²) in [4.78, 5) is 24.9. The van der Waals surface area contributed by atoms with E-state index < -0.39 is 5.91 Å². The van der Waals surface area contributed by atoms with Gasteiger partial charge < -0.3 is 15.5 Å². The van der Waals surface area contributed by atoms with Crippen LogP contribution in [0.15, 0.2) is 30.3 Å². The van der Waals surface area contributed by atoms with Crippen LogP contribution in [-0.2, 0) is 4.74 Å². The number of thiophene rings is 1. The molecule has 4 heterocycles. The molecule has 0 unspecified atom stereocenters. The van der Waals surface area contributed by atoms with Gasteiger partial charge in [-0.05, 0) is 56.5 Å². The SMILES string of the molecule is NC(=O)c1cccc2[nH]c(-c3ccc([C@H]4CCCN4C4CCOCC4)s3)nc12. The molecular formula is C21H24N4O2S. The van der Waals surface area contributed by atoms with Crippen LogP contribution < -0.4 is 5.73 Å². The number of aromatic amines is 1. The third kappa shape index (κ3) is 3.13. The fraction of sp³-hybridized carbons (Fsp3) is 0.429. The van der Waals surface area contributed by atoms with Crippen molar-refractivity contribution in [1.82, 2.24) is 14.9 Å². The van der Waals surface area contributed by atoms with Crippen LogP contribution in [0.5, 0.6) is 0 Å². The molecule has 146 valence electrons. The Morgan fingerprint density at radius 3 is 2.89 bits per heavy atom. The Bertz CT molecular complexity index is 1000. The Morgan fingerprint density at radius 1 is 1.21 bits per heavy atom. The number of rotatable bonds is 4. The lowest BCUT2D eigenvalue weighted by Gasteiger charge is -2.35. The molecule has 3 N–H and O–H groups in total. The van der Waals surface area contributed by atoms with Crippen LogP contribution in [0.4, 0.5) is 0 Å². The molecule has 0 spiro atoms. The molecular weight excluding hydrogens is 372 g/mol. The number of likely N-dealkylation sites (tertiary alicyclic amines) is 1. The number of carbonyl (C=O) groups is 1. The van der Waals surface area contributed by atoms with Gasteiger partial charge in [-0.25, -0.2) is 4.98 Å². The van der Waals surface area contributed by atoms with Crippen molar-refractivity contribution in [3.8, 4) is 10.7 Å². The quantitative estimate of drug-likeness (QED) is 0.704. The number of nitrogens with zero attached hydrogens (tertiary/aromatic N) is 2. The molecule has 0 radical (unpaired) electrons. The first-order chi connectivity index (χ1) is 13.7. The van der Waals surface area contributed by atoms with Crippen molar-refractivity contribution >= 4 is 28.3 Å². The second-order valence-electron chi connectivity index (χ2n) is 7.59. The number of hydrogen-bond acceptors (Lipinski definition) is 5. The van der Waals surface area contributed by atoms with E-state index in [1.165, 1.54) is 24.3 Å². The van der Waals surface area contributed by atoms with Crippen molar-refractivity contribution in [1.29, 1.82) is 0 Å². The third-order valence-electron chi connectivity index (χ3n) is 5.92. The second kappa shape index (κ2) is 7.31. The fourth-order valence-corrected chi connectivity index (χ4v) is 5.66. The summed E-state index contributed by atoms with van der Waals surface area (Å²) in [5, 5.41) is 0. The number of H-pyrrole nitrogens is 1. The van der Waals surface area contributed by atoms with Crippen LogP contribution in [0.25, 0.3) is 21.7 Å². The Balaban J connectivity index is 1.44. The van der Waals surface area contributed by atoms with E-state index in [0.717, 1.165) is 42.3 Å². The van der Waals surface area contributed by atoms with E-state index in [9.17, 15) is 4.79 Å². The standard InChI is InChI=1S/C21H24N4O2S/c22-20(26)14-3-1-4-15-19(14)24-21(23-15)18-7-6-17(28-18)16-5-2-10-25(16)13-8-11-27-12-9-13/h1,3-4,6-7,13,16H,2,5,8-12H2,(H2,22,26)(H,23,24)/t16-/m1/s1. The summed E-state index contributed by atoms with van der Waals surface area (Å²) in [6, 6.07) is 11.0. The molecule has 2 saturated heterocycles. The number of nitrogens with one attached hydrogen (secondary N) is 1. The number of nitrogens with two attached hydrogens (primary N) is 1. The molecule has 6 nitrogen and oxygen atoms in total. The van der Waals surface area contributed by atoms with E-state index in [1.54, 1.807) is 17.4 Å². The van der Waals surface area contributed by atoms with Gasteiger partial charge in [-0.3, -0.25) is 9.69 Å². The molecule has 0 saturated carbocycles. The van der Waals surface area contributed by atoms with Gasteiger partial charge in [0.05, 0.1) is 16.0 Å². The lowest BCUT2D eigenvalue weighted by Crippen LogP contribution is -2.38. The number of hydrogen-bond donors (Lipinski definition) is 2. The number of primary amides is 1. The predicted octanol–water partition coefficient (Wildman–Crippen LogP) is 3.71. The molecule has 28 heavy (non-hydrogen) atoms. The number of benzene rings is 1. The van der Waals surface area contributed by atoms with E-state index >= 15 is 0 Å². The smallest absolute Gasteiger partial charge is 0.250 e. The molecule has 7 heteroatoms. The summed E-state index contributed by atoms with van der Waals surface area (Å²) < 4.78 is 5.55. The monoisotopic (exact) mass is 396 g/mol. The van der Waals surface area contributed by atoms with Crippen molar-refractivity contribution in [2.45, 2.75) is 37.8 Å². The summed E-state index contributed by atoms with van der Waals surface area (Å²) in [5.74, 6) is 0.351. The van der Waals surface area contributed by atoms with Crippen molar-refractivity contribution < 1.29 is 9.53 Å². The largest absolute Gasteiger partial charge is 0.381 e. The van der Waals surface area contributed by atoms with Gasteiger partial charge in [0.15, 0.2) is 0 Å². The number of imidazole rings is 1. The first kappa shape index (κ1) is 17.8. The highest BCUT2D eigenvalue weighted by Crippen LogP contribution is 2.41. The third-order valence-corrected chi connectivity index (χ3v) is 7.11. The molecule has 1 amide bonds. The molecule has 2 fully saturated rings. The van der Waals surface area contributed by atoms with Crippen molar-refractivity contribution in [3.63, 3.8) is 0 Å². The van der Waals surface area contributed by atoms with E-state index in [4.69, 9.17) is 10.5 Å². The molecule has 0 bridgehead atoms. The van der Waals surface area contributed by atoms with E-state index in [2.05, 4.69) is 27.0 Å².